The molecule has 24 nitrogen and oxygen atoms in total. The molecule has 7 rings (SSSR count). The third-order valence-corrected chi connectivity index (χ3v) is 15.3. The number of hydrogen-bond donors (Lipinski definition) is 11. The summed E-state index contributed by atoms with van der Waals surface area (Å²) in [7, 11) is -8.20. The summed E-state index contributed by atoms with van der Waals surface area (Å²) in [5.41, 5.74) is 6.08. The predicted octanol–water partition coefficient (Wildman–Crippen LogP) is 4.19. The van der Waals surface area contributed by atoms with Gasteiger partial charge in [0.2, 0.25) is 20.0 Å². The number of nitrogens with two attached hydrogens (primary N) is 1. The number of carbonyl (C=O) groups is 3. The second-order valence-electron chi connectivity index (χ2n) is 17.6. The number of benzene rings is 4. The van der Waals surface area contributed by atoms with Crippen molar-refractivity contribution in [1.29, 1.82) is 0 Å². The summed E-state index contributed by atoms with van der Waals surface area (Å²) in [6.45, 7) is 3.36. The van der Waals surface area contributed by atoms with Crippen LogP contribution in [0, 0.1) is 0 Å². The highest BCUT2D eigenvalue weighted by atomic mass is 32.2. The third-order valence-electron chi connectivity index (χ3n) is 11.9. The van der Waals surface area contributed by atoms with Gasteiger partial charge in [-0.05, 0) is 103 Å². The fourth-order valence-electron chi connectivity index (χ4n) is 7.69. The van der Waals surface area contributed by atoms with Crippen LogP contribution in [0.2, 0.25) is 0 Å². The van der Waals surface area contributed by atoms with Crippen molar-refractivity contribution in [3.8, 4) is 11.1 Å². The first-order chi connectivity index (χ1) is 38.7. The van der Waals surface area contributed by atoms with Gasteiger partial charge in [-0.1, -0.05) is 42.5 Å². The third kappa shape index (κ3) is 18.2. The summed E-state index contributed by atoms with van der Waals surface area (Å²) in [4.78, 5) is 49.8. The van der Waals surface area contributed by atoms with Crippen LogP contribution >= 0.6 is 12.6 Å². The quantitative estimate of drug-likeness (QED) is 0.0117. The van der Waals surface area contributed by atoms with Crippen molar-refractivity contribution in [2.24, 2.45) is 5.84 Å². The zero-order valence-corrected chi connectivity index (χ0v) is 45.9. The first kappa shape index (κ1) is 59.9. The van der Waals surface area contributed by atoms with Gasteiger partial charge in [-0.3, -0.25) is 19.1 Å². The van der Waals surface area contributed by atoms with E-state index in [1.54, 1.807) is 67.1 Å². The van der Waals surface area contributed by atoms with Crippen LogP contribution in [0.3, 0.4) is 0 Å². The minimum Gasteiger partial charge on any atom is -0.480 e. The molecule has 0 radical (unpaired) electrons. The highest BCUT2D eigenvalue weighted by Crippen LogP contribution is 2.24. The highest BCUT2D eigenvalue weighted by molar-refractivity contribution is 7.89. The van der Waals surface area contributed by atoms with Crippen molar-refractivity contribution in [1.82, 2.24) is 50.2 Å². The summed E-state index contributed by atoms with van der Waals surface area (Å²) in [5.74, 6) is 4.97. The van der Waals surface area contributed by atoms with E-state index in [9.17, 15) is 36.3 Å². The monoisotopic (exact) mass is 1150 g/mol. The van der Waals surface area contributed by atoms with E-state index < -0.39 is 44.5 Å². The Bertz CT molecular complexity index is 3390. The number of fused-ring (bicyclic) bond motifs is 1. The van der Waals surface area contributed by atoms with Crippen molar-refractivity contribution < 1.29 is 50.5 Å². The lowest BCUT2D eigenvalue weighted by Crippen LogP contribution is -2.48. The zero-order chi connectivity index (χ0) is 56.7. The molecule has 0 spiro atoms. The van der Waals surface area contributed by atoms with Crippen LogP contribution in [-0.2, 0) is 45.6 Å². The average molecular weight is 1150 g/mol. The van der Waals surface area contributed by atoms with Gasteiger partial charge in [0.15, 0.2) is 5.95 Å². The minimum absolute atomic E-state index is 0.0324. The highest BCUT2D eigenvalue weighted by Gasteiger charge is 2.26. The number of rotatable bonds is 34. The van der Waals surface area contributed by atoms with E-state index in [-0.39, 0.29) is 27.8 Å². The van der Waals surface area contributed by atoms with E-state index in [2.05, 4.69) is 68.8 Å². The zero-order valence-electron chi connectivity index (χ0n) is 43.3. The molecule has 7 aromatic rings. The number of carboxylic acid groups (broad SMARTS) is 1. The van der Waals surface area contributed by atoms with Gasteiger partial charge in [0.1, 0.15) is 17.7 Å². The number of sulfonamides is 2. The lowest BCUT2D eigenvalue weighted by molar-refractivity contribution is -0.138. The fourth-order valence-corrected chi connectivity index (χ4v) is 10.2. The Balaban J connectivity index is 0.723. The largest absolute Gasteiger partial charge is 0.480 e. The maximum atomic E-state index is 13.3. The molecule has 11 N–H and O–H groups in total. The molecule has 27 heteroatoms. The van der Waals surface area contributed by atoms with Crippen molar-refractivity contribution in [3.05, 3.63) is 150 Å². The number of hydrogen-bond acceptors (Lipinski definition) is 18. The second-order valence-corrected chi connectivity index (χ2v) is 21.6. The number of hydrazine groups is 1. The van der Waals surface area contributed by atoms with Gasteiger partial charge < -0.3 is 51.0 Å². The number of pyridine rings is 1. The van der Waals surface area contributed by atoms with Crippen molar-refractivity contribution in [2.45, 2.75) is 46.5 Å². The first-order valence-corrected chi connectivity index (χ1v) is 28.7. The molecule has 1 atom stereocenters. The molecule has 0 aliphatic heterocycles. The summed E-state index contributed by atoms with van der Waals surface area (Å²) in [5, 5.41) is 26.6. The number of amides is 2. The smallest absolute Gasteiger partial charge is 0.323 e. The van der Waals surface area contributed by atoms with Crippen LogP contribution < -0.4 is 42.0 Å². The molecule has 3 heterocycles. The number of nitrogens with zero attached hydrogens (tertiary/aromatic N) is 4. The Labute approximate surface area is 468 Å². The van der Waals surface area contributed by atoms with Gasteiger partial charge in [-0.15, -0.1) is 12.6 Å². The van der Waals surface area contributed by atoms with Gasteiger partial charge >= 0.3 is 5.97 Å². The first-order valence-electron chi connectivity index (χ1n) is 25.3. The Kier molecular flexibility index (Phi) is 22.5. The predicted molar refractivity (Wildman–Crippen MR) is 303 cm³/mol. The van der Waals surface area contributed by atoms with Gasteiger partial charge in [-0.25, -0.2) is 37.4 Å². The Morgan fingerprint density at radius 2 is 1.38 bits per heavy atom. The van der Waals surface area contributed by atoms with Crippen LogP contribution in [-0.4, -0.2) is 136 Å². The molecule has 2 amide bonds. The number of aliphatic carboxylic acids is 1. The number of aryl methyl sites for hydroxylation is 1. The number of H-pyrrole nitrogens is 1. The molecule has 0 aliphatic rings. The number of anilines is 2. The Morgan fingerprint density at radius 1 is 0.725 bits per heavy atom. The molecule has 3 aromatic heterocycles. The van der Waals surface area contributed by atoms with Crippen LogP contribution in [0.5, 0.6) is 0 Å². The lowest BCUT2D eigenvalue weighted by atomic mass is 10.1. The number of ether oxygens (including phenoxy) is 3. The van der Waals surface area contributed by atoms with Gasteiger partial charge in [0.05, 0.1) is 53.5 Å². The van der Waals surface area contributed by atoms with E-state index in [1.165, 1.54) is 42.6 Å². The van der Waals surface area contributed by atoms with Gasteiger partial charge in [0, 0.05) is 80.4 Å². The normalized spacial score (nSPS) is 12.2. The standard InChI is InChI=1S/C53H63N13O11S3/c54-64-49(33-39-6-1-2-7-47(39)78)63-48-19-13-41(34-59-48)51(68)55-21-4-26-75-28-30-77-31-29-76-27-5-22-62-79(71,72)43-14-8-37(9-15-43)38-10-16-44(17-11-38)80(73,74)65-45(52(69)70)36-60-50(67)40-12-18-46-42(32-40)35-61-66(46)25-3-20-56-53-57-23-24-58-53/h1-2,6-19,23-24,32-35,45,62,64-65,78H,3-5,20-22,25-31,36,54H2,(H,55,68)(H,59,63)(H,60,67)(H,69,70)(H2,56,57,58)/b49-33-. The van der Waals surface area contributed by atoms with Gasteiger partial charge in [0.25, 0.3) is 11.8 Å². The van der Waals surface area contributed by atoms with E-state index in [0.29, 0.717) is 112 Å². The minimum atomic E-state index is -4.36. The van der Waals surface area contributed by atoms with Crippen molar-refractivity contribution in [3.63, 3.8) is 0 Å². The van der Waals surface area contributed by atoms with Crippen molar-refractivity contribution >= 4 is 79.2 Å². The molecule has 1 unspecified atom stereocenters. The number of aromatic amines is 1. The van der Waals surface area contributed by atoms with Crippen LogP contribution in [0.25, 0.3) is 28.1 Å². The van der Waals surface area contributed by atoms with E-state index in [4.69, 9.17) is 20.1 Å². The number of imidazole rings is 1. The topological polar surface area (TPSA) is 337 Å². The molecule has 4 aromatic carbocycles. The number of carbonyl (C=O) groups excluding carboxylic acids is 2. The number of nitrogens with one attached hydrogen (secondary N) is 8. The summed E-state index contributed by atoms with van der Waals surface area (Å²) < 4.78 is 75.8. The van der Waals surface area contributed by atoms with E-state index in [1.807, 2.05) is 28.9 Å². The maximum absolute atomic E-state index is 13.3. The molecule has 0 aliphatic carbocycles. The maximum Gasteiger partial charge on any atom is 0.323 e. The van der Waals surface area contributed by atoms with Crippen molar-refractivity contribution in [2.75, 3.05) is 76.5 Å². The summed E-state index contributed by atoms with van der Waals surface area (Å²) in [6, 6.07) is 25.8. The number of aromatic nitrogens is 5. The molecule has 424 valence electrons. The van der Waals surface area contributed by atoms with E-state index >= 15 is 0 Å². The van der Waals surface area contributed by atoms with Crippen LogP contribution in [0.4, 0.5) is 11.8 Å². The lowest BCUT2D eigenvalue weighted by Gasteiger charge is -2.16. The molecule has 0 saturated carbocycles. The number of thiol groups is 1. The summed E-state index contributed by atoms with van der Waals surface area (Å²) >= 11 is 4.45. The molecular formula is C53H63N13O11S3. The van der Waals surface area contributed by atoms with Crippen LogP contribution in [0.1, 0.15) is 45.5 Å². The molecule has 0 fully saturated rings. The molecule has 0 bridgehead atoms. The average Bonchev–Trinajstić information content (AvgIpc) is 4.15. The SMILES string of the molecule is NN/C(=C\c1ccccc1S)Nc1ccc(C(=O)NCCCOCCOCCOCCCNS(=O)(=O)c2ccc(-c3ccc(S(=O)(=O)NC(CNC(=O)c4ccc5c(cnn5CCCNc5ncc[nH]5)c4)C(=O)O)cc3)cc2)cn1. The fraction of sp³-hybridized carbons (Fsp3) is 0.283. The molecular weight excluding hydrogens is 1090 g/mol. The second kappa shape index (κ2) is 30.0. The van der Waals surface area contributed by atoms with Crippen LogP contribution in [0.15, 0.2) is 148 Å². The number of carboxylic acids is 1. The van der Waals surface area contributed by atoms with Gasteiger partial charge in [-0.2, -0.15) is 9.82 Å². The Morgan fingerprint density at radius 3 is 2.01 bits per heavy atom. The molecule has 0 saturated heterocycles. The Hall–Kier alpha value is -7.73. The molecule has 80 heavy (non-hydrogen) atoms. The summed E-state index contributed by atoms with van der Waals surface area (Å²) in [6.07, 6.45) is 10.0. The van der Waals surface area contributed by atoms with E-state index in [0.717, 1.165) is 22.4 Å².